The molecule has 0 radical (unpaired) electrons. The topological polar surface area (TPSA) is 67.0 Å². The Morgan fingerprint density at radius 2 is 1.87 bits per heavy atom. The lowest BCUT2D eigenvalue weighted by molar-refractivity contribution is 0.0115. The second kappa shape index (κ2) is 10.3. The van der Waals surface area contributed by atoms with Gasteiger partial charge in [-0.25, -0.2) is 0 Å². The molecule has 3 heterocycles. The van der Waals surface area contributed by atoms with Crippen molar-refractivity contribution in [2.75, 3.05) is 64.6 Å². The molecule has 0 bridgehead atoms. The van der Waals surface area contributed by atoms with Gasteiger partial charge in [0, 0.05) is 72.5 Å². The minimum absolute atomic E-state index is 0.0215. The van der Waals surface area contributed by atoms with Gasteiger partial charge < -0.3 is 24.1 Å². The average Bonchev–Trinajstić information content (AvgIpc) is 3.37. The highest BCUT2D eigenvalue weighted by Crippen LogP contribution is 2.47. The standard InChI is InChI=1S/C32H37N3O4/c1-5-21-6-7-23-26(18-21)33-31-29(23)30(36)24-19-28(39-17-16-37-4)27(20-25(24)32(31,2)3)35-10-8-22(9-11-35)34-12-14-38-15-13-34/h1,6-7,18-20,22,33H,8-17H2,2-4H3. The van der Waals surface area contributed by atoms with E-state index in [1.54, 1.807) is 7.11 Å². The van der Waals surface area contributed by atoms with Crippen molar-refractivity contribution in [3.63, 3.8) is 0 Å². The predicted molar refractivity (Wildman–Crippen MR) is 153 cm³/mol. The normalized spacial score (nSPS) is 19.5. The van der Waals surface area contributed by atoms with E-state index in [4.69, 9.17) is 20.6 Å². The maximum atomic E-state index is 14.0. The Balaban J connectivity index is 1.38. The van der Waals surface area contributed by atoms with Gasteiger partial charge in [0.25, 0.3) is 0 Å². The fourth-order valence-electron chi connectivity index (χ4n) is 6.55. The SMILES string of the molecule is C#Cc1ccc2c3c([nH]c2c1)C(C)(C)c1cc(N2CCC(N4CCOCC4)CC2)c(OCCOC)cc1C3=O. The van der Waals surface area contributed by atoms with Crippen LogP contribution in [0.15, 0.2) is 30.3 Å². The molecule has 0 unspecified atom stereocenters. The minimum atomic E-state index is -0.403. The Labute approximate surface area is 230 Å². The molecule has 2 fully saturated rings. The largest absolute Gasteiger partial charge is 0.489 e. The van der Waals surface area contributed by atoms with Crippen molar-refractivity contribution < 1.29 is 19.0 Å². The second-order valence-corrected chi connectivity index (χ2v) is 11.3. The molecular weight excluding hydrogens is 490 g/mol. The first kappa shape index (κ1) is 25.9. The first-order valence-electron chi connectivity index (χ1n) is 14.0. The summed E-state index contributed by atoms with van der Waals surface area (Å²) in [7, 11) is 1.67. The number of nitrogens with one attached hydrogen (secondary N) is 1. The van der Waals surface area contributed by atoms with E-state index in [9.17, 15) is 4.79 Å². The van der Waals surface area contributed by atoms with E-state index in [-0.39, 0.29) is 5.78 Å². The van der Waals surface area contributed by atoms with Gasteiger partial charge in [0.05, 0.1) is 31.1 Å². The van der Waals surface area contributed by atoms with Crippen molar-refractivity contribution >= 4 is 22.4 Å². The number of benzene rings is 2. The number of nitrogens with zero attached hydrogens (tertiary/aromatic N) is 2. The number of ketones is 1. The molecule has 2 aromatic carbocycles. The molecule has 1 aromatic heterocycles. The second-order valence-electron chi connectivity index (χ2n) is 11.3. The van der Waals surface area contributed by atoms with E-state index in [1.165, 1.54) is 0 Å². The van der Waals surface area contributed by atoms with E-state index in [1.807, 2.05) is 24.3 Å². The Morgan fingerprint density at radius 1 is 1.10 bits per heavy atom. The van der Waals surface area contributed by atoms with Crippen molar-refractivity contribution in [2.24, 2.45) is 0 Å². The van der Waals surface area contributed by atoms with Crippen molar-refractivity contribution in [2.45, 2.75) is 38.1 Å². The van der Waals surface area contributed by atoms with Crippen LogP contribution in [-0.4, -0.2) is 81.4 Å². The minimum Gasteiger partial charge on any atom is -0.489 e. The third kappa shape index (κ3) is 4.51. The number of morpholine rings is 1. The van der Waals surface area contributed by atoms with Gasteiger partial charge in [0.15, 0.2) is 5.78 Å². The van der Waals surface area contributed by atoms with Gasteiger partial charge in [0.2, 0.25) is 0 Å². The summed E-state index contributed by atoms with van der Waals surface area (Å²) in [6.07, 6.45) is 7.85. The molecule has 204 valence electrons. The summed E-state index contributed by atoms with van der Waals surface area (Å²) in [4.78, 5) is 22.6. The molecule has 2 aliphatic heterocycles. The summed E-state index contributed by atoms with van der Waals surface area (Å²) in [5, 5.41) is 0.906. The van der Waals surface area contributed by atoms with Gasteiger partial charge in [-0.05, 0) is 42.7 Å². The van der Waals surface area contributed by atoms with Crippen LogP contribution in [0.2, 0.25) is 0 Å². The number of fused-ring (bicyclic) bond motifs is 4. The summed E-state index contributed by atoms with van der Waals surface area (Å²) < 4.78 is 17.1. The molecule has 0 amide bonds. The van der Waals surface area contributed by atoms with Crippen LogP contribution in [0, 0.1) is 12.3 Å². The highest BCUT2D eigenvalue weighted by atomic mass is 16.5. The van der Waals surface area contributed by atoms with Crippen LogP contribution in [0.5, 0.6) is 5.75 Å². The van der Waals surface area contributed by atoms with Crippen molar-refractivity contribution in [1.29, 1.82) is 0 Å². The fraction of sp³-hybridized carbons (Fsp3) is 0.469. The lowest BCUT2D eigenvalue weighted by Gasteiger charge is -2.41. The molecule has 1 N–H and O–H groups in total. The van der Waals surface area contributed by atoms with E-state index >= 15 is 0 Å². The predicted octanol–water partition coefficient (Wildman–Crippen LogP) is 4.35. The molecule has 0 spiro atoms. The summed E-state index contributed by atoms with van der Waals surface area (Å²) in [5.74, 6) is 3.47. The number of aromatic amines is 1. The van der Waals surface area contributed by atoms with E-state index in [0.29, 0.717) is 24.8 Å². The van der Waals surface area contributed by atoms with Gasteiger partial charge in [-0.15, -0.1) is 6.42 Å². The molecule has 6 rings (SSSR count). The van der Waals surface area contributed by atoms with Crippen LogP contribution >= 0.6 is 0 Å². The number of rotatable bonds is 6. The number of carbonyl (C=O) groups is 1. The number of H-pyrrole nitrogens is 1. The number of terminal acetylenes is 1. The van der Waals surface area contributed by atoms with Crippen LogP contribution in [0.4, 0.5) is 5.69 Å². The molecule has 39 heavy (non-hydrogen) atoms. The first-order valence-corrected chi connectivity index (χ1v) is 14.0. The lowest BCUT2D eigenvalue weighted by Crippen LogP contribution is -2.49. The summed E-state index contributed by atoms with van der Waals surface area (Å²) in [5.41, 5.74) is 5.73. The fourth-order valence-corrected chi connectivity index (χ4v) is 6.55. The Morgan fingerprint density at radius 3 is 2.59 bits per heavy atom. The summed E-state index contributed by atoms with van der Waals surface area (Å²) in [6.45, 7) is 10.9. The highest BCUT2D eigenvalue weighted by Gasteiger charge is 2.41. The summed E-state index contributed by atoms with van der Waals surface area (Å²) in [6, 6.07) is 10.6. The molecule has 7 nitrogen and oxygen atoms in total. The van der Waals surface area contributed by atoms with Crippen molar-refractivity contribution in [3.05, 3.63) is 58.3 Å². The molecule has 3 aliphatic rings. The number of anilines is 1. The van der Waals surface area contributed by atoms with E-state index in [0.717, 1.165) is 97.0 Å². The van der Waals surface area contributed by atoms with E-state index < -0.39 is 5.41 Å². The van der Waals surface area contributed by atoms with Crippen LogP contribution in [-0.2, 0) is 14.9 Å². The number of ether oxygens (including phenoxy) is 3. The Hall–Kier alpha value is -3.31. The van der Waals surface area contributed by atoms with Gasteiger partial charge in [0.1, 0.15) is 12.4 Å². The monoisotopic (exact) mass is 527 g/mol. The van der Waals surface area contributed by atoms with Crippen LogP contribution < -0.4 is 9.64 Å². The zero-order valence-electron chi connectivity index (χ0n) is 23.1. The maximum absolute atomic E-state index is 14.0. The number of hydrogen-bond donors (Lipinski definition) is 1. The van der Waals surface area contributed by atoms with Gasteiger partial charge in [-0.3, -0.25) is 9.69 Å². The van der Waals surface area contributed by atoms with Crippen LogP contribution in [0.3, 0.4) is 0 Å². The number of piperidine rings is 1. The summed E-state index contributed by atoms with van der Waals surface area (Å²) >= 11 is 0. The first-order chi connectivity index (χ1) is 18.9. The van der Waals surface area contributed by atoms with Crippen molar-refractivity contribution in [3.8, 4) is 18.1 Å². The van der Waals surface area contributed by atoms with Gasteiger partial charge in [-0.2, -0.15) is 0 Å². The zero-order valence-corrected chi connectivity index (χ0v) is 23.1. The van der Waals surface area contributed by atoms with Crippen LogP contribution in [0.25, 0.3) is 10.9 Å². The molecule has 1 aliphatic carbocycles. The Kier molecular flexibility index (Phi) is 6.88. The average molecular weight is 528 g/mol. The highest BCUT2D eigenvalue weighted by molar-refractivity contribution is 6.20. The van der Waals surface area contributed by atoms with Gasteiger partial charge >= 0.3 is 0 Å². The molecule has 0 saturated carbocycles. The zero-order chi connectivity index (χ0) is 27.1. The Bertz CT molecular complexity index is 1440. The van der Waals surface area contributed by atoms with Gasteiger partial charge in [-0.1, -0.05) is 25.8 Å². The van der Waals surface area contributed by atoms with Crippen LogP contribution in [0.1, 0.15) is 59.4 Å². The quantitative estimate of drug-likeness (QED) is 0.380. The number of hydrogen-bond acceptors (Lipinski definition) is 6. The number of methoxy groups -OCH3 is 1. The third-order valence-corrected chi connectivity index (χ3v) is 8.75. The number of carbonyl (C=O) groups excluding carboxylic acids is 1. The molecule has 2 saturated heterocycles. The maximum Gasteiger partial charge on any atom is 0.195 e. The molecule has 0 atom stereocenters. The van der Waals surface area contributed by atoms with E-state index in [2.05, 4.69) is 40.6 Å². The third-order valence-electron chi connectivity index (χ3n) is 8.75. The smallest absolute Gasteiger partial charge is 0.195 e. The molecule has 7 heteroatoms. The lowest BCUT2D eigenvalue weighted by atomic mass is 9.71. The molecular formula is C32H37N3O4. The van der Waals surface area contributed by atoms with Crippen molar-refractivity contribution in [1.82, 2.24) is 9.88 Å². The molecule has 3 aromatic rings. The number of aromatic nitrogens is 1.